The van der Waals surface area contributed by atoms with Crippen LogP contribution < -0.4 is 22.0 Å². The molecule has 2 aromatic carbocycles. The Labute approximate surface area is 241 Å². The molecule has 0 bridgehead atoms. The molecule has 0 fully saturated rings. The number of rotatable bonds is 17. The number of hydrogen-bond acceptors (Lipinski definition) is 11. The van der Waals surface area contributed by atoms with E-state index in [4.69, 9.17) is 24.4 Å². The van der Waals surface area contributed by atoms with Crippen molar-refractivity contribution >= 4 is 39.5 Å². The number of fused-ring (bicyclic) bond motifs is 2. The summed E-state index contributed by atoms with van der Waals surface area (Å²) in [5, 5.41) is 13.8. The number of nitrogens with zero attached hydrogens (tertiary/aromatic N) is 2. The van der Waals surface area contributed by atoms with Gasteiger partial charge >= 0.3 is 5.63 Å². The molecule has 13 heteroatoms. The van der Waals surface area contributed by atoms with E-state index in [1.54, 1.807) is 43.3 Å². The normalized spacial score (nSPS) is 11.3. The average Bonchev–Trinajstić information content (AvgIpc) is 3.45. The second kappa shape index (κ2) is 15.6. The number of nitrogens with two attached hydrogens (primary N) is 1. The maximum absolute atomic E-state index is 12.3. The number of aryl methyl sites for hydroxylation is 1. The minimum atomic E-state index is -0.532. The number of aromatic nitrogens is 2. The quantitative estimate of drug-likeness (QED) is 0.0944. The number of carbonyl (C=O) groups is 2. The number of benzene rings is 2. The second-order valence-corrected chi connectivity index (χ2v) is 9.54. The molecule has 0 unspecified atom stereocenters. The summed E-state index contributed by atoms with van der Waals surface area (Å²) in [5.74, 6) is -0.448. The van der Waals surface area contributed by atoms with Crippen LogP contribution in [0.15, 0.2) is 50.2 Å². The third-order valence-corrected chi connectivity index (χ3v) is 6.45. The van der Waals surface area contributed by atoms with Gasteiger partial charge in [0.25, 0.3) is 5.91 Å². The van der Waals surface area contributed by atoms with E-state index >= 15 is 0 Å². The molecule has 0 atom stereocenters. The molecule has 0 radical (unpaired) electrons. The van der Waals surface area contributed by atoms with Crippen LogP contribution in [0.4, 0.5) is 5.69 Å². The fraction of sp³-hybridized carbons (Fsp3) is 0.414. The number of hydrogen-bond donors (Lipinski definition) is 3. The van der Waals surface area contributed by atoms with Crippen molar-refractivity contribution in [2.75, 3.05) is 58.5 Å². The van der Waals surface area contributed by atoms with E-state index in [-0.39, 0.29) is 18.2 Å². The van der Waals surface area contributed by atoms with Crippen molar-refractivity contribution in [3.63, 3.8) is 0 Å². The Morgan fingerprint density at radius 1 is 0.857 bits per heavy atom. The van der Waals surface area contributed by atoms with Crippen molar-refractivity contribution < 1.29 is 32.8 Å². The molecule has 2 amide bonds. The standard InChI is InChI=1S/C29H35N5O8/c1-19-22-6-5-21(30)17-26(22)41-29(37)23(19)18-27(35)31-8-2-10-38-12-14-40-15-13-39-11-3-9-32-28(36)20-4-7-24-25(16-20)34-42-33-24/h4-7,16-17H,2-3,8-15,18,30H2,1H3,(H,31,35)(H,32,36). The summed E-state index contributed by atoms with van der Waals surface area (Å²) >= 11 is 0. The first-order chi connectivity index (χ1) is 20.4. The molecular formula is C29H35N5O8. The number of ether oxygens (including phenoxy) is 3. The van der Waals surface area contributed by atoms with Crippen LogP contribution in [0.5, 0.6) is 0 Å². The SMILES string of the molecule is Cc1c(CC(=O)NCCCOCCOCCOCCCNC(=O)c2ccc3nonc3c2)c(=O)oc2cc(N)ccc12. The predicted molar refractivity (Wildman–Crippen MR) is 154 cm³/mol. The van der Waals surface area contributed by atoms with Gasteiger partial charge in [-0.3, -0.25) is 9.59 Å². The van der Waals surface area contributed by atoms with Crippen molar-refractivity contribution in [3.05, 3.63) is 63.5 Å². The van der Waals surface area contributed by atoms with E-state index in [1.165, 1.54) is 0 Å². The molecule has 13 nitrogen and oxygen atoms in total. The van der Waals surface area contributed by atoms with Crippen molar-refractivity contribution in [1.29, 1.82) is 0 Å². The fourth-order valence-corrected chi connectivity index (χ4v) is 4.18. The molecule has 0 saturated heterocycles. The van der Waals surface area contributed by atoms with E-state index < -0.39 is 5.63 Å². The van der Waals surface area contributed by atoms with E-state index in [9.17, 15) is 14.4 Å². The molecule has 4 aromatic rings. The fourth-order valence-electron chi connectivity index (χ4n) is 4.18. The molecule has 224 valence electrons. The minimum Gasteiger partial charge on any atom is -0.422 e. The van der Waals surface area contributed by atoms with Gasteiger partial charge in [-0.25, -0.2) is 9.42 Å². The number of amides is 2. The van der Waals surface area contributed by atoms with Crippen LogP contribution in [0.25, 0.3) is 22.0 Å². The largest absolute Gasteiger partial charge is 0.422 e. The molecule has 0 spiro atoms. The maximum Gasteiger partial charge on any atom is 0.340 e. The van der Waals surface area contributed by atoms with Crippen LogP contribution >= 0.6 is 0 Å². The highest BCUT2D eigenvalue weighted by molar-refractivity contribution is 5.97. The lowest BCUT2D eigenvalue weighted by Crippen LogP contribution is -2.29. The van der Waals surface area contributed by atoms with Crippen molar-refractivity contribution in [3.8, 4) is 0 Å². The zero-order valence-electron chi connectivity index (χ0n) is 23.5. The van der Waals surface area contributed by atoms with Gasteiger partial charge in [0.1, 0.15) is 16.6 Å². The number of carbonyl (C=O) groups excluding carboxylic acids is 2. The lowest BCUT2D eigenvalue weighted by Gasteiger charge is -2.09. The van der Waals surface area contributed by atoms with E-state index in [1.807, 2.05) is 0 Å². The Hall–Kier alpha value is -4.33. The Balaban J connectivity index is 0.958. The number of anilines is 1. The van der Waals surface area contributed by atoms with Crippen LogP contribution in [0.3, 0.4) is 0 Å². The van der Waals surface area contributed by atoms with E-state index in [2.05, 4.69) is 25.6 Å². The number of nitrogens with one attached hydrogen (secondary N) is 2. The maximum atomic E-state index is 12.3. The van der Waals surface area contributed by atoms with Crippen LogP contribution in [0.1, 0.15) is 34.3 Å². The third-order valence-electron chi connectivity index (χ3n) is 6.45. The average molecular weight is 582 g/mol. The summed E-state index contributed by atoms with van der Waals surface area (Å²) in [4.78, 5) is 36.9. The molecule has 2 aromatic heterocycles. The molecule has 0 aliphatic heterocycles. The topological polar surface area (TPSA) is 181 Å². The zero-order valence-corrected chi connectivity index (χ0v) is 23.5. The smallest absolute Gasteiger partial charge is 0.340 e. The second-order valence-electron chi connectivity index (χ2n) is 9.54. The molecule has 0 aliphatic rings. The third kappa shape index (κ3) is 8.83. The highest BCUT2D eigenvalue weighted by Crippen LogP contribution is 2.21. The van der Waals surface area contributed by atoms with Gasteiger partial charge < -0.3 is 35.0 Å². The minimum absolute atomic E-state index is 0.0563. The summed E-state index contributed by atoms with van der Waals surface area (Å²) in [6.45, 7) is 5.41. The van der Waals surface area contributed by atoms with Gasteiger partial charge in [0.15, 0.2) is 0 Å². The molecular weight excluding hydrogens is 546 g/mol. The summed E-state index contributed by atoms with van der Waals surface area (Å²) in [7, 11) is 0. The Bertz CT molecular complexity index is 1550. The number of nitrogen functional groups attached to an aromatic ring is 1. The summed E-state index contributed by atoms with van der Waals surface area (Å²) in [6, 6.07) is 10.1. The van der Waals surface area contributed by atoms with Gasteiger partial charge in [-0.1, -0.05) is 0 Å². The van der Waals surface area contributed by atoms with Gasteiger partial charge in [-0.15, -0.1) is 0 Å². The zero-order chi connectivity index (χ0) is 29.7. The molecule has 0 aliphatic carbocycles. The first kappa shape index (κ1) is 30.6. The predicted octanol–water partition coefficient (Wildman–Crippen LogP) is 2.14. The molecule has 42 heavy (non-hydrogen) atoms. The molecule has 2 heterocycles. The lowest BCUT2D eigenvalue weighted by atomic mass is 10.0. The van der Waals surface area contributed by atoms with Gasteiger partial charge in [-0.2, -0.15) is 0 Å². The summed E-state index contributed by atoms with van der Waals surface area (Å²) < 4.78 is 26.5. The van der Waals surface area contributed by atoms with Crippen LogP contribution in [0, 0.1) is 6.92 Å². The summed E-state index contributed by atoms with van der Waals surface area (Å²) in [6.07, 6.45) is 1.24. The Kier molecular flexibility index (Phi) is 11.4. The first-order valence-electron chi connectivity index (χ1n) is 13.7. The Morgan fingerprint density at radius 3 is 2.26 bits per heavy atom. The van der Waals surface area contributed by atoms with Crippen molar-refractivity contribution in [2.24, 2.45) is 0 Å². The van der Waals surface area contributed by atoms with Crippen LogP contribution in [-0.4, -0.2) is 74.9 Å². The molecule has 4 N–H and O–H groups in total. The van der Waals surface area contributed by atoms with Crippen molar-refractivity contribution in [1.82, 2.24) is 20.9 Å². The lowest BCUT2D eigenvalue weighted by molar-refractivity contribution is -0.120. The molecule has 4 rings (SSSR count). The Morgan fingerprint density at radius 2 is 1.52 bits per heavy atom. The highest BCUT2D eigenvalue weighted by Gasteiger charge is 2.15. The monoisotopic (exact) mass is 581 g/mol. The van der Waals surface area contributed by atoms with Gasteiger partial charge in [0.2, 0.25) is 5.91 Å². The first-order valence-corrected chi connectivity index (χ1v) is 13.7. The highest BCUT2D eigenvalue weighted by atomic mass is 16.6. The van der Waals surface area contributed by atoms with Crippen molar-refractivity contribution in [2.45, 2.75) is 26.2 Å². The van der Waals surface area contributed by atoms with Crippen LogP contribution in [0.2, 0.25) is 0 Å². The van der Waals surface area contributed by atoms with Crippen LogP contribution in [-0.2, 0) is 25.4 Å². The van der Waals surface area contributed by atoms with E-state index in [0.717, 1.165) is 5.39 Å². The van der Waals surface area contributed by atoms with Gasteiger partial charge in [0.05, 0.1) is 38.4 Å². The van der Waals surface area contributed by atoms with Gasteiger partial charge in [0, 0.05) is 49.0 Å². The van der Waals surface area contributed by atoms with E-state index in [0.29, 0.717) is 105 Å². The molecule has 0 saturated carbocycles. The summed E-state index contributed by atoms with van der Waals surface area (Å²) in [5.41, 5.74) is 8.81. The van der Waals surface area contributed by atoms with Gasteiger partial charge in [-0.05, 0) is 66.0 Å².